The number of rotatable bonds is 7. The highest BCUT2D eigenvalue weighted by Crippen LogP contribution is 2.13. The molecule has 1 aromatic rings. The minimum Gasteiger partial charge on any atom is -0.383 e. The van der Waals surface area contributed by atoms with Crippen molar-refractivity contribution < 1.29 is 4.74 Å². The lowest BCUT2D eigenvalue weighted by atomic mass is 10.5. The highest BCUT2D eigenvalue weighted by atomic mass is 35.5. The molecule has 1 heterocycles. The smallest absolute Gasteiger partial charge is 0.231 e. The Bertz CT molecular complexity index is 349. The van der Waals surface area contributed by atoms with Crippen LogP contribution in [0.3, 0.4) is 0 Å². The zero-order valence-electron chi connectivity index (χ0n) is 10.4. The van der Waals surface area contributed by atoms with Crippen LogP contribution in [0.5, 0.6) is 0 Å². The largest absolute Gasteiger partial charge is 0.383 e. The van der Waals surface area contributed by atoms with Crippen molar-refractivity contribution in [1.29, 1.82) is 0 Å². The standard InChI is InChI=1S/C10H18ClN5O/c1-4-12-9-13-8(11)14-10(15-9)16(5-2)6-7-17-3/h4-7H2,1-3H3,(H,12,13,14,15). The molecule has 1 aromatic heterocycles. The van der Waals surface area contributed by atoms with Gasteiger partial charge in [-0.25, -0.2) is 0 Å². The summed E-state index contributed by atoms with van der Waals surface area (Å²) >= 11 is 5.86. The number of anilines is 2. The van der Waals surface area contributed by atoms with E-state index in [4.69, 9.17) is 16.3 Å². The third-order valence-electron chi connectivity index (χ3n) is 2.16. The molecule has 0 saturated heterocycles. The topological polar surface area (TPSA) is 63.2 Å². The van der Waals surface area contributed by atoms with Gasteiger partial charge in [-0.3, -0.25) is 0 Å². The molecular weight excluding hydrogens is 242 g/mol. The zero-order chi connectivity index (χ0) is 12.7. The fraction of sp³-hybridized carbons (Fsp3) is 0.700. The van der Waals surface area contributed by atoms with Gasteiger partial charge in [-0.1, -0.05) is 0 Å². The van der Waals surface area contributed by atoms with Crippen molar-refractivity contribution in [1.82, 2.24) is 15.0 Å². The number of hydrogen-bond acceptors (Lipinski definition) is 6. The van der Waals surface area contributed by atoms with E-state index in [-0.39, 0.29) is 5.28 Å². The van der Waals surface area contributed by atoms with E-state index in [2.05, 4.69) is 20.3 Å². The molecule has 0 aliphatic rings. The molecule has 0 saturated carbocycles. The number of nitrogens with one attached hydrogen (secondary N) is 1. The summed E-state index contributed by atoms with van der Waals surface area (Å²) in [7, 11) is 1.66. The normalized spacial score (nSPS) is 10.4. The van der Waals surface area contributed by atoms with Crippen molar-refractivity contribution in [2.75, 3.05) is 43.6 Å². The third-order valence-corrected chi connectivity index (χ3v) is 2.33. The van der Waals surface area contributed by atoms with Gasteiger partial charge in [0, 0.05) is 26.7 Å². The Morgan fingerprint density at radius 2 is 2.06 bits per heavy atom. The molecule has 0 unspecified atom stereocenters. The summed E-state index contributed by atoms with van der Waals surface area (Å²) in [6.45, 7) is 6.87. The van der Waals surface area contributed by atoms with Crippen molar-refractivity contribution in [3.63, 3.8) is 0 Å². The van der Waals surface area contributed by atoms with Gasteiger partial charge in [0.25, 0.3) is 0 Å². The van der Waals surface area contributed by atoms with Crippen LogP contribution in [0.25, 0.3) is 0 Å². The van der Waals surface area contributed by atoms with E-state index in [0.717, 1.165) is 19.6 Å². The number of ether oxygens (including phenoxy) is 1. The number of halogens is 1. The van der Waals surface area contributed by atoms with Crippen LogP contribution in [-0.2, 0) is 4.74 Å². The number of aromatic nitrogens is 3. The van der Waals surface area contributed by atoms with Crippen LogP contribution in [-0.4, -0.2) is 48.3 Å². The fourth-order valence-corrected chi connectivity index (χ4v) is 1.47. The van der Waals surface area contributed by atoms with E-state index in [0.29, 0.717) is 18.5 Å². The van der Waals surface area contributed by atoms with Crippen LogP contribution in [0, 0.1) is 0 Å². The number of likely N-dealkylation sites (N-methyl/N-ethyl adjacent to an activating group) is 1. The summed E-state index contributed by atoms with van der Waals surface area (Å²) in [6, 6.07) is 0. The number of hydrogen-bond donors (Lipinski definition) is 1. The first-order chi connectivity index (χ1) is 8.21. The van der Waals surface area contributed by atoms with Crippen LogP contribution in [0.15, 0.2) is 0 Å². The average Bonchev–Trinajstić information content (AvgIpc) is 2.30. The molecular formula is C10H18ClN5O. The second kappa shape index (κ2) is 7.24. The predicted octanol–water partition coefficient (Wildman–Crippen LogP) is 1.43. The average molecular weight is 260 g/mol. The Kier molecular flexibility index (Phi) is 5.93. The van der Waals surface area contributed by atoms with Crippen molar-refractivity contribution in [3.05, 3.63) is 5.28 Å². The van der Waals surface area contributed by atoms with Crippen molar-refractivity contribution >= 4 is 23.5 Å². The summed E-state index contributed by atoms with van der Waals surface area (Å²) in [4.78, 5) is 14.4. The van der Waals surface area contributed by atoms with Gasteiger partial charge in [-0.15, -0.1) is 0 Å². The number of nitrogens with zero attached hydrogens (tertiary/aromatic N) is 4. The van der Waals surface area contributed by atoms with Crippen molar-refractivity contribution in [3.8, 4) is 0 Å². The van der Waals surface area contributed by atoms with Gasteiger partial charge in [0.05, 0.1) is 6.61 Å². The van der Waals surface area contributed by atoms with Gasteiger partial charge < -0.3 is 15.0 Å². The van der Waals surface area contributed by atoms with Crippen LogP contribution >= 0.6 is 11.6 Å². The van der Waals surface area contributed by atoms with Gasteiger partial charge in [-0.2, -0.15) is 15.0 Å². The highest BCUT2D eigenvalue weighted by molar-refractivity contribution is 6.28. The van der Waals surface area contributed by atoms with Gasteiger partial charge in [0.1, 0.15) is 0 Å². The Balaban J connectivity index is 2.85. The van der Waals surface area contributed by atoms with Gasteiger partial charge in [-0.05, 0) is 25.4 Å². The van der Waals surface area contributed by atoms with Crippen LogP contribution in [0.1, 0.15) is 13.8 Å². The first-order valence-corrected chi connectivity index (χ1v) is 5.98. The van der Waals surface area contributed by atoms with E-state index in [1.165, 1.54) is 0 Å². The van der Waals surface area contributed by atoms with Gasteiger partial charge in [0.2, 0.25) is 17.2 Å². The molecule has 96 valence electrons. The minimum absolute atomic E-state index is 0.196. The lowest BCUT2D eigenvalue weighted by molar-refractivity contribution is 0.205. The predicted molar refractivity (Wildman–Crippen MR) is 68.8 cm³/mol. The van der Waals surface area contributed by atoms with E-state index >= 15 is 0 Å². The van der Waals surface area contributed by atoms with Crippen LogP contribution < -0.4 is 10.2 Å². The molecule has 0 atom stereocenters. The highest BCUT2D eigenvalue weighted by Gasteiger charge is 2.10. The second-order valence-electron chi connectivity index (χ2n) is 3.33. The second-order valence-corrected chi connectivity index (χ2v) is 3.67. The van der Waals surface area contributed by atoms with Gasteiger partial charge in [0.15, 0.2) is 0 Å². The maximum atomic E-state index is 5.86. The Hall–Kier alpha value is -1.14. The summed E-state index contributed by atoms with van der Waals surface area (Å²) < 4.78 is 5.04. The monoisotopic (exact) mass is 259 g/mol. The molecule has 7 heteroatoms. The molecule has 0 bridgehead atoms. The molecule has 0 aliphatic carbocycles. The fourth-order valence-electron chi connectivity index (χ4n) is 1.32. The first kappa shape index (κ1) is 13.9. The molecule has 1 rings (SSSR count). The Morgan fingerprint density at radius 3 is 2.65 bits per heavy atom. The summed E-state index contributed by atoms with van der Waals surface area (Å²) in [5.74, 6) is 1.07. The van der Waals surface area contributed by atoms with Crippen molar-refractivity contribution in [2.24, 2.45) is 0 Å². The molecule has 0 radical (unpaired) electrons. The molecule has 17 heavy (non-hydrogen) atoms. The van der Waals surface area contributed by atoms with Crippen LogP contribution in [0.2, 0.25) is 5.28 Å². The summed E-state index contributed by atoms with van der Waals surface area (Å²) in [5, 5.41) is 3.22. The molecule has 0 spiro atoms. The molecule has 6 nitrogen and oxygen atoms in total. The lowest BCUT2D eigenvalue weighted by Gasteiger charge is -2.20. The summed E-state index contributed by atoms with van der Waals surface area (Å²) in [5.41, 5.74) is 0. The quantitative estimate of drug-likeness (QED) is 0.799. The van der Waals surface area contributed by atoms with Gasteiger partial charge >= 0.3 is 0 Å². The molecule has 0 amide bonds. The van der Waals surface area contributed by atoms with E-state index in [1.807, 2.05) is 18.7 Å². The van der Waals surface area contributed by atoms with E-state index in [9.17, 15) is 0 Å². The SMILES string of the molecule is CCNc1nc(Cl)nc(N(CC)CCOC)n1. The number of methoxy groups -OCH3 is 1. The summed E-state index contributed by atoms with van der Waals surface area (Å²) in [6.07, 6.45) is 0. The first-order valence-electron chi connectivity index (χ1n) is 5.60. The maximum absolute atomic E-state index is 5.86. The van der Waals surface area contributed by atoms with E-state index < -0.39 is 0 Å². The Morgan fingerprint density at radius 1 is 1.29 bits per heavy atom. The zero-order valence-corrected chi connectivity index (χ0v) is 11.2. The molecule has 1 N–H and O–H groups in total. The van der Waals surface area contributed by atoms with Crippen LogP contribution in [0.4, 0.5) is 11.9 Å². The Labute approximate surface area is 106 Å². The maximum Gasteiger partial charge on any atom is 0.231 e. The van der Waals surface area contributed by atoms with E-state index in [1.54, 1.807) is 7.11 Å². The molecule has 0 aromatic carbocycles. The van der Waals surface area contributed by atoms with Crippen molar-refractivity contribution in [2.45, 2.75) is 13.8 Å². The lowest BCUT2D eigenvalue weighted by Crippen LogP contribution is -2.29. The molecule has 0 fully saturated rings. The molecule has 0 aliphatic heterocycles. The minimum atomic E-state index is 0.196. The third kappa shape index (κ3) is 4.32.